The Morgan fingerprint density at radius 3 is 2.48 bits per heavy atom. The van der Waals surface area contributed by atoms with Crippen molar-refractivity contribution < 1.29 is 9.53 Å². The van der Waals surface area contributed by atoms with E-state index in [1.54, 1.807) is 30.6 Å². The number of hydrogen-bond acceptors (Lipinski definition) is 4. The van der Waals surface area contributed by atoms with Gasteiger partial charge in [0.15, 0.2) is 0 Å². The van der Waals surface area contributed by atoms with Gasteiger partial charge in [-0.05, 0) is 48.7 Å². The Bertz CT molecular complexity index is 885. The van der Waals surface area contributed by atoms with E-state index in [9.17, 15) is 4.79 Å². The summed E-state index contributed by atoms with van der Waals surface area (Å²) in [5, 5.41) is 2.97. The summed E-state index contributed by atoms with van der Waals surface area (Å²) in [5.74, 6) is 0.613. The van der Waals surface area contributed by atoms with Crippen LogP contribution in [0.15, 0.2) is 73.1 Å². The molecule has 1 aliphatic heterocycles. The molecule has 1 aliphatic rings. The van der Waals surface area contributed by atoms with Gasteiger partial charge >= 0.3 is 12.0 Å². The Labute approximate surface area is 157 Å². The second-order valence-electron chi connectivity index (χ2n) is 6.35. The summed E-state index contributed by atoms with van der Waals surface area (Å²) in [4.78, 5) is 22.7. The fourth-order valence-corrected chi connectivity index (χ4v) is 3.28. The first-order valence-electron chi connectivity index (χ1n) is 8.97. The van der Waals surface area contributed by atoms with Crippen molar-refractivity contribution >= 4 is 11.7 Å². The molecule has 0 saturated carbocycles. The molecule has 136 valence electrons. The second-order valence-corrected chi connectivity index (χ2v) is 6.35. The van der Waals surface area contributed by atoms with Crippen molar-refractivity contribution in [3.8, 4) is 11.8 Å². The number of likely N-dealkylation sites (tertiary alicyclic amines) is 1. The zero-order valence-electron chi connectivity index (χ0n) is 14.8. The van der Waals surface area contributed by atoms with E-state index < -0.39 is 0 Å². The van der Waals surface area contributed by atoms with Gasteiger partial charge in [-0.2, -0.15) is 0 Å². The molecule has 1 saturated heterocycles. The molecule has 4 rings (SSSR count). The highest BCUT2D eigenvalue weighted by molar-refractivity contribution is 5.89. The summed E-state index contributed by atoms with van der Waals surface area (Å²) < 4.78 is 5.57. The third-order valence-corrected chi connectivity index (χ3v) is 4.55. The SMILES string of the molecule is O=C(Nc1ccc(Oc2ncccn2)cc1)N1CCCC1c1ccccc1. The molecule has 0 aliphatic carbocycles. The van der Waals surface area contributed by atoms with E-state index in [0.29, 0.717) is 5.75 Å². The zero-order valence-corrected chi connectivity index (χ0v) is 14.8. The smallest absolute Gasteiger partial charge is 0.322 e. The number of urea groups is 1. The first-order valence-corrected chi connectivity index (χ1v) is 8.97. The van der Waals surface area contributed by atoms with Crippen LogP contribution in [0.5, 0.6) is 11.8 Å². The molecule has 1 atom stereocenters. The maximum absolute atomic E-state index is 12.7. The van der Waals surface area contributed by atoms with Crippen molar-refractivity contribution in [2.24, 2.45) is 0 Å². The molecule has 6 nitrogen and oxygen atoms in total. The van der Waals surface area contributed by atoms with Gasteiger partial charge < -0.3 is 15.0 Å². The Balaban J connectivity index is 1.40. The minimum Gasteiger partial charge on any atom is -0.424 e. The lowest BCUT2D eigenvalue weighted by atomic mass is 10.1. The number of carbonyl (C=O) groups is 1. The van der Waals surface area contributed by atoms with Crippen LogP contribution in [0.25, 0.3) is 0 Å². The van der Waals surface area contributed by atoms with Crippen LogP contribution < -0.4 is 10.1 Å². The Kier molecular flexibility index (Phi) is 4.96. The monoisotopic (exact) mass is 360 g/mol. The standard InChI is InChI=1S/C21H20N4O2/c26-21(25-15-4-8-19(25)16-6-2-1-3-7-16)24-17-9-11-18(12-10-17)27-20-22-13-5-14-23-20/h1-3,5-7,9-14,19H,4,8,15H2,(H,24,26). The van der Waals surface area contributed by atoms with Gasteiger partial charge in [0.05, 0.1) is 6.04 Å². The number of nitrogens with one attached hydrogen (secondary N) is 1. The van der Waals surface area contributed by atoms with Gasteiger partial charge in [0.25, 0.3) is 0 Å². The third-order valence-electron chi connectivity index (χ3n) is 4.55. The van der Waals surface area contributed by atoms with Crippen molar-refractivity contribution in [3.05, 3.63) is 78.6 Å². The summed E-state index contributed by atoms with van der Waals surface area (Å²) >= 11 is 0. The van der Waals surface area contributed by atoms with Crippen LogP contribution in [0.4, 0.5) is 10.5 Å². The maximum Gasteiger partial charge on any atom is 0.322 e. The molecule has 3 aromatic rings. The van der Waals surface area contributed by atoms with E-state index >= 15 is 0 Å². The van der Waals surface area contributed by atoms with Crippen LogP contribution in [-0.4, -0.2) is 27.4 Å². The van der Waals surface area contributed by atoms with E-state index in [-0.39, 0.29) is 18.1 Å². The van der Waals surface area contributed by atoms with Gasteiger partial charge in [0.1, 0.15) is 5.75 Å². The van der Waals surface area contributed by atoms with Gasteiger partial charge in [-0.3, -0.25) is 0 Å². The number of carbonyl (C=O) groups excluding carboxylic acids is 1. The lowest BCUT2D eigenvalue weighted by Crippen LogP contribution is -2.34. The first kappa shape index (κ1) is 17.0. The normalized spacial score (nSPS) is 16.1. The molecule has 2 heterocycles. The first-order chi connectivity index (χ1) is 13.3. The molecule has 0 radical (unpaired) electrons. The van der Waals surface area contributed by atoms with Gasteiger partial charge in [-0.15, -0.1) is 0 Å². The Hall–Kier alpha value is -3.41. The molecule has 1 aromatic heterocycles. The van der Waals surface area contributed by atoms with Gasteiger partial charge in [-0.25, -0.2) is 14.8 Å². The van der Waals surface area contributed by atoms with E-state index in [1.807, 2.05) is 35.2 Å². The highest BCUT2D eigenvalue weighted by Crippen LogP contribution is 2.32. The Morgan fingerprint density at radius 1 is 1.00 bits per heavy atom. The minimum absolute atomic E-state index is 0.0820. The van der Waals surface area contributed by atoms with Gasteiger partial charge in [-0.1, -0.05) is 30.3 Å². The predicted molar refractivity (Wildman–Crippen MR) is 103 cm³/mol. The predicted octanol–water partition coefficient (Wildman–Crippen LogP) is 4.64. The molecule has 2 aromatic carbocycles. The lowest BCUT2D eigenvalue weighted by molar-refractivity contribution is 0.207. The number of benzene rings is 2. The van der Waals surface area contributed by atoms with Crippen molar-refractivity contribution in [3.63, 3.8) is 0 Å². The average Bonchev–Trinajstić information content (AvgIpc) is 3.21. The third kappa shape index (κ3) is 4.06. The molecule has 2 amide bonds. The van der Waals surface area contributed by atoms with Crippen LogP contribution in [0.1, 0.15) is 24.4 Å². The molecule has 1 N–H and O–H groups in total. The molecular weight excluding hydrogens is 340 g/mol. The molecule has 0 spiro atoms. The number of anilines is 1. The number of aromatic nitrogens is 2. The largest absolute Gasteiger partial charge is 0.424 e. The summed E-state index contributed by atoms with van der Waals surface area (Å²) in [6.07, 6.45) is 5.24. The molecule has 1 fully saturated rings. The van der Waals surface area contributed by atoms with Gasteiger partial charge in [0.2, 0.25) is 0 Å². The summed E-state index contributed by atoms with van der Waals surface area (Å²) in [7, 11) is 0. The fraction of sp³-hybridized carbons (Fsp3) is 0.190. The van der Waals surface area contributed by atoms with Gasteiger partial charge in [0, 0.05) is 24.6 Å². The van der Waals surface area contributed by atoms with Crippen LogP contribution in [0.2, 0.25) is 0 Å². The number of rotatable bonds is 4. The van der Waals surface area contributed by atoms with Crippen molar-refractivity contribution in [1.82, 2.24) is 14.9 Å². The van der Waals surface area contributed by atoms with Crippen LogP contribution >= 0.6 is 0 Å². The molecule has 6 heteroatoms. The van der Waals surface area contributed by atoms with E-state index in [2.05, 4.69) is 27.4 Å². The van der Waals surface area contributed by atoms with Crippen molar-refractivity contribution in [1.29, 1.82) is 0 Å². The molecule has 0 bridgehead atoms. The Morgan fingerprint density at radius 2 is 1.74 bits per heavy atom. The number of amides is 2. The highest BCUT2D eigenvalue weighted by atomic mass is 16.5. The number of ether oxygens (including phenoxy) is 1. The minimum atomic E-state index is -0.0820. The van der Waals surface area contributed by atoms with Crippen molar-refractivity contribution in [2.75, 3.05) is 11.9 Å². The average molecular weight is 360 g/mol. The van der Waals surface area contributed by atoms with E-state index in [4.69, 9.17) is 4.74 Å². The molecular formula is C21H20N4O2. The van der Waals surface area contributed by atoms with Crippen LogP contribution in [-0.2, 0) is 0 Å². The topological polar surface area (TPSA) is 67.3 Å². The summed E-state index contributed by atoms with van der Waals surface area (Å²) in [5.41, 5.74) is 1.90. The van der Waals surface area contributed by atoms with E-state index in [0.717, 1.165) is 25.1 Å². The van der Waals surface area contributed by atoms with Crippen molar-refractivity contribution in [2.45, 2.75) is 18.9 Å². The molecule has 27 heavy (non-hydrogen) atoms. The lowest BCUT2D eigenvalue weighted by Gasteiger charge is -2.25. The summed E-state index contributed by atoms with van der Waals surface area (Å²) in [6, 6.07) is 19.4. The maximum atomic E-state index is 12.7. The zero-order chi connectivity index (χ0) is 18.5. The quantitative estimate of drug-likeness (QED) is 0.736. The number of nitrogens with zero attached hydrogens (tertiary/aromatic N) is 3. The summed E-state index contributed by atoms with van der Waals surface area (Å²) in [6.45, 7) is 0.762. The molecule has 1 unspecified atom stereocenters. The number of hydrogen-bond donors (Lipinski definition) is 1. The highest BCUT2D eigenvalue weighted by Gasteiger charge is 2.29. The van der Waals surface area contributed by atoms with E-state index in [1.165, 1.54) is 5.56 Å². The fourth-order valence-electron chi connectivity index (χ4n) is 3.28. The van der Waals surface area contributed by atoms with Crippen LogP contribution in [0.3, 0.4) is 0 Å². The van der Waals surface area contributed by atoms with Crippen LogP contribution in [0, 0.1) is 0 Å². The second kappa shape index (κ2) is 7.86.